The van der Waals surface area contributed by atoms with Gasteiger partial charge in [0.2, 0.25) is 0 Å². The second-order valence-corrected chi connectivity index (χ2v) is 4.75. The van der Waals surface area contributed by atoms with Gasteiger partial charge < -0.3 is 4.90 Å². The zero-order valence-electron chi connectivity index (χ0n) is 10.5. The smallest absolute Gasteiger partial charge is 0.0526 e. The molecule has 1 aliphatic heterocycles. The van der Waals surface area contributed by atoms with Crippen LogP contribution in [0.25, 0.3) is 0 Å². The van der Waals surface area contributed by atoms with Gasteiger partial charge in [0.25, 0.3) is 0 Å². The van der Waals surface area contributed by atoms with Gasteiger partial charge in [-0.3, -0.25) is 0 Å². The van der Waals surface area contributed by atoms with Crippen molar-refractivity contribution >= 4 is 5.69 Å². The largest absolute Gasteiger partial charge is 0.334 e. The van der Waals surface area contributed by atoms with E-state index in [-0.39, 0.29) is 0 Å². The van der Waals surface area contributed by atoms with Crippen LogP contribution in [0.2, 0.25) is 0 Å². The van der Waals surface area contributed by atoms with E-state index in [2.05, 4.69) is 68.2 Å². The van der Waals surface area contributed by atoms with Gasteiger partial charge in [-0.2, -0.15) is 0 Å². The summed E-state index contributed by atoms with van der Waals surface area (Å²) in [7, 11) is 0. The van der Waals surface area contributed by atoms with Crippen LogP contribution in [0, 0.1) is 6.08 Å². The van der Waals surface area contributed by atoms with Gasteiger partial charge in [0, 0.05) is 11.3 Å². The van der Waals surface area contributed by atoms with Gasteiger partial charge in [0.1, 0.15) is 0 Å². The summed E-state index contributed by atoms with van der Waals surface area (Å²) in [4.78, 5) is 2.40. The molecule has 1 nitrogen and oxygen atoms in total. The van der Waals surface area contributed by atoms with Gasteiger partial charge in [-0.05, 0) is 50.1 Å². The molecule has 0 N–H and O–H groups in total. The van der Waals surface area contributed by atoms with Gasteiger partial charge in [-0.25, -0.2) is 0 Å². The lowest BCUT2D eigenvalue weighted by atomic mass is 10.1. The highest BCUT2D eigenvalue weighted by Crippen LogP contribution is 2.40. The van der Waals surface area contributed by atoms with Crippen molar-refractivity contribution in [2.75, 3.05) is 4.90 Å². The quantitative estimate of drug-likeness (QED) is 0.697. The van der Waals surface area contributed by atoms with E-state index in [9.17, 15) is 0 Å². The lowest BCUT2D eigenvalue weighted by Crippen LogP contribution is -2.26. The molecule has 2 aliphatic rings. The Morgan fingerprint density at radius 3 is 2.53 bits per heavy atom. The molecular formula is C16H16N. The SMILES string of the molecule is CC1=[C]C2=CC(C)N(c3ccccc3)C2=C1C. The predicted molar refractivity (Wildman–Crippen MR) is 71.6 cm³/mol. The molecular weight excluding hydrogens is 206 g/mol. The van der Waals surface area contributed by atoms with Crippen LogP contribution in [-0.2, 0) is 0 Å². The molecule has 1 unspecified atom stereocenters. The highest BCUT2D eigenvalue weighted by Gasteiger charge is 2.31. The van der Waals surface area contributed by atoms with E-state index < -0.39 is 0 Å². The number of nitrogens with zero attached hydrogens (tertiary/aromatic N) is 1. The first-order valence-electron chi connectivity index (χ1n) is 6.07. The Morgan fingerprint density at radius 2 is 1.82 bits per heavy atom. The highest BCUT2D eigenvalue weighted by molar-refractivity contribution is 5.70. The zero-order valence-corrected chi connectivity index (χ0v) is 10.5. The van der Waals surface area contributed by atoms with Crippen molar-refractivity contribution in [3.63, 3.8) is 0 Å². The molecule has 85 valence electrons. The average Bonchev–Trinajstić information content (AvgIpc) is 2.77. The molecule has 0 aromatic heterocycles. The standard InChI is InChI=1S/C16H16N/c1-11-9-14-10-12(2)17(16(14)13(11)3)15-7-5-4-6-8-15/h4-8,10,12H,1-3H3. The first-order chi connectivity index (χ1) is 8.18. The maximum atomic E-state index is 3.46. The van der Waals surface area contributed by atoms with Crippen LogP contribution in [0.5, 0.6) is 0 Å². The Hall–Kier alpha value is -1.76. The van der Waals surface area contributed by atoms with Crippen LogP contribution in [0.15, 0.2) is 58.8 Å². The maximum Gasteiger partial charge on any atom is 0.0526 e. The van der Waals surface area contributed by atoms with E-state index in [4.69, 9.17) is 0 Å². The molecule has 0 fully saturated rings. The number of allylic oxidation sites excluding steroid dienone is 3. The van der Waals surface area contributed by atoms with Crippen molar-refractivity contribution in [1.82, 2.24) is 0 Å². The molecule has 1 aliphatic carbocycles. The van der Waals surface area contributed by atoms with E-state index in [1.54, 1.807) is 0 Å². The number of rotatable bonds is 1. The van der Waals surface area contributed by atoms with Crippen molar-refractivity contribution in [3.05, 3.63) is 64.9 Å². The Kier molecular flexibility index (Phi) is 2.22. The minimum atomic E-state index is 0.415. The summed E-state index contributed by atoms with van der Waals surface area (Å²) in [5, 5.41) is 0. The van der Waals surface area contributed by atoms with Crippen LogP contribution < -0.4 is 4.90 Å². The Labute approximate surface area is 103 Å². The number of hydrogen-bond donors (Lipinski definition) is 0. The number of hydrogen-bond acceptors (Lipinski definition) is 1. The van der Waals surface area contributed by atoms with E-state index in [1.165, 1.54) is 28.1 Å². The monoisotopic (exact) mass is 222 g/mol. The van der Waals surface area contributed by atoms with Gasteiger partial charge >= 0.3 is 0 Å². The van der Waals surface area contributed by atoms with E-state index in [1.807, 2.05) is 0 Å². The van der Waals surface area contributed by atoms with Crippen molar-refractivity contribution < 1.29 is 0 Å². The summed E-state index contributed by atoms with van der Waals surface area (Å²) in [5.74, 6) is 0. The number of para-hydroxylation sites is 1. The van der Waals surface area contributed by atoms with Gasteiger partial charge in [-0.1, -0.05) is 24.3 Å². The Bertz CT molecular complexity index is 546. The first-order valence-corrected chi connectivity index (χ1v) is 6.07. The molecule has 0 saturated heterocycles. The molecule has 1 aromatic rings. The molecule has 0 amide bonds. The minimum absolute atomic E-state index is 0.415. The van der Waals surface area contributed by atoms with Crippen LogP contribution >= 0.6 is 0 Å². The molecule has 0 bridgehead atoms. The minimum Gasteiger partial charge on any atom is -0.334 e. The molecule has 17 heavy (non-hydrogen) atoms. The Morgan fingerprint density at radius 1 is 1.12 bits per heavy atom. The third-order valence-corrected chi connectivity index (χ3v) is 3.59. The molecule has 1 radical (unpaired) electrons. The van der Waals surface area contributed by atoms with Gasteiger partial charge in [0.05, 0.1) is 11.7 Å². The number of anilines is 1. The number of fused-ring (bicyclic) bond motifs is 1. The summed E-state index contributed by atoms with van der Waals surface area (Å²) >= 11 is 0. The zero-order chi connectivity index (χ0) is 12.0. The molecule has 1 atom stereocenters. The summed E-state index contributed by atoms with van der Waals surface area (Å²) in [6, 6.07) is 11.0. The van der Waals surface area contributed by atoms with Crippen molar-refractivity contribution in [1.29, 1.82) is 0 Å². The van der Waals surface area contributed by atoms with E-state index in [0.717, 1.165) is 0 Å². The second kappa shape index (κ2) is 3.63. The highest BCUT2D eigenvalue weighted by atomic mass is 15.2. The lowest BCUT2D eigenvalue weighted by molar-refractivity contribution is 0.863. The fourth-order valence-electron chi connectivity index (χ4n) is 2.64. The predicted octanol–water partition coefficient (Wildman–Crippen LogP) is 3.86. The molecule has 0 spiro atoms. The average molecular weight is 222 g/mol. The van der Waals surface area contributed by atoms with Crippen molar-refractivity contribution in [3.8, 4) is 0 Å². The summed E-state index contributed by atoms with van der Waals surface area (Å²) in [6.45, 7) is 6.55. The molecule has 3 rings (SSSR count). The normalized spacial score (nSPS) is 22.8. The van der Waals surface area contributed by atoms with Crippen molar-refractivity contribution in [2.24, 2.45) is 0 Å². The topological polar surface area (TPSA) is 3.24 Å². The summed E-state index contributed by atoms with van der Waals surface area (Å²) in [6.07, 6.45) is 5.75. The third kappa shape index (κ3) is 1.46. The van der Waals surface area contributed by atoms with Crippen LogP contribution in [-0.4, -0.2) is 6.04 Å². The van der Waals surface area contributed by atoms with E-state index in [0.29, 0.717) is 6.04 Å². The summed E-state index contributed by atoms with van der Waals surface area (Å²) < 4.78 is 0. The van der Waals surface area contributed by atoms with Crippen molar-refractivity contribution in [2.45, 2.75) is 26.8 Å². The van der Waals surface area contributed by atoms with Crippen LogP contribution in [0.4, 0.5) is 5.69 Å². The van der Waals surface area contributed by atoms with Crippen LogP contribution in [0.1, 0.15) is 20.8 Å². The fraction of sp³-hybridized carbons (Fsp3) is 0.250. The first kappa shape index (κ1) is 10.4. The fourth-order valence-corrected chi connectivity index (χ4v) is 2.64. The second-order valence-electron chi connectivity index (χ2n) is 4.75. The maximum absolute atomic E-state index is 3.46. The number of benzene rings is 1. The van der Waals surface area contributed by atoms with Crippen LogP contribution in [0.3, 0.4) is 0 Å². The Balaban J connectivity index is 2.10. The molecule has 1 heteroatoms. The molecule has 0 saturated carbocycles. The molecule has 1 aromatic carbocycles. The third-order valence-electron chi connectivity index (χ3n) is 3.59. The summed E-state index contributed by atoms with van der Waals surface area (Å²) in [5.41, 5.74) is 6.47. The van der Waals surface area contributed by atoms with Gasteiger partial charge in [-0.15, -0.1) is 0 Å². The van der Waals surface area contributed by atoms with Gasteiger partial charge in [0.15, 0.2) is 0 Å². The van der Waals surface area contributed by atoms with E-state index >= 15 is 0 Å². The molecule has 1 heterocycles. The lowest BCUT2D eigenvalue weighted by Gasteiger charge is -2.26.